The third-order valence-corrected chi connectivity index (χ3v) is 4.65. The molecule has 1 aliphatic rings. The summed E-state index contributed by atoms with van der Waals surface area (Å²) >= 11 is 0. The van der Waals surface area contributed by atoms with Crippen LogP contribution in [-0.2, 0) is 10.0 Å². The van der Waals surface area contributed by atoms with Gasteiger partial charge < -0.3 is 9.52 Å². The second kappa shape index (κ2) is 5.42. The summed E-state index contributed by atoms with van der Waals surface area (Å²) in [6.45, 7) is 1.09. The molecule has 0 amide bonds. The van der Waals surface area contributed by atoms with Gasteiger partial charge in [0.25, 0.3) is 0 Å². The summed E-state index contributed by atoms with van der Waals surface area (Å²) in [5.41, 5.74) is 0. The molecule has 5 nitrogen and oxygen atoms in total. The van der Waals surface area contributed by atoms with Crippen LogP contribution in [-0.4, -0.2) is 37.2 Å². The molecule has 0 radical (unpaired) electrons. The Morgan fingerprint density at radius 2 is 2.39 bits per heavy atom. The molecule has 6 heteroatoms. The highest BCUT2D eigenvalue weighted by atomic mass is 32.2. The molecule has 1 fully saturated rings. The van der Waals surface area contributed by atoms with Crippen molar-refractivity contribution in [3.8, 4) is 0 Å². The number of rotatable bonds is 4. The Bertz CT molecular complexity index is 468. The van der Waals surface area contributed by atoms with Crippen LogP contribution in [0.5, 0.6) is 0 Å². The van der Waals surface area contributed by atoms with E-state index in [9.17, 15) is 13.5 Å². The molecule has 2 rings (SSSR count). The maximum Gasteiger partial charge on any atom is 0.211 e. The van der Waals surface area contributed by atoms with E-state index in [4.69, 9.17) is 4.42 Å². The van der Waals surface area contributed by atoms with Crippen molar-refractivity contribution in [3.05, 3.63) is 24.2 Å². The Hall–Kier alpha value is -0.850. The van der Waals surface area contributed by atoms with Gasteiger partial charge in [-0.05, 0) is 37.3 Å². The molecular weight excluding hydrogens is 254 g/mol. The smallest absolute Gasteiger partial charge is 0.211 e. The normalized spacial score (nSPS) is 24.0. The Morgan fingerprint density at radius 3 is 3.00 bits per heavy atom. The van der Waals surface area contributed by atoms with Gasteiger partial charge in [0.15, 0.2) is 0 Å². The molecule has 1 saturated heterocycles. The topological polar surface area (TPSA) is 70.8 Å². The second-order valence-corrected chi connectivity index (χ2v) is 6.88. The van der Waals surface area contributed by atoms with Crippen molar-refractivity contribution >= 4 is 10.0 Å². The summed E-state index contributed by atoms with van der Waals surface area (Å²) < 4.78 is 29.6. The van der Waals surface area contributed by atoms with Crippen molar-refractivity contribution in [2.45, 2.75) is 25.4 Å². The molecular formula is C12H19NO4S. The molecule has 18 heavy (non-hydrogen) atoms. The highest BCUT2D eigenvalue weighted by molar-refractivity contribution is 7.88. The summed E-state index contributed by atoms with van der Waals surface area (Å²) in [6.07, 6.45) is 4.46. The van der Waals surface area contributed by atoms with E-state index in [1.54, 1.807) is 12.1 Å². The number of furan rings is 1. The lowest BCUT2D eigenvalue weighted by Crippen LogP contribution is -2.39. The molecule has 1 aliphatic heterocycles. The molecule has 0 spiro atoms. The van der Waals surface area contributed by atoms with Gasteiger partial charge in [0.05, 0.1) is 12.5 Å². The fraction of sp³-hybridized carbons (Fsp3) is 0.667. The Labute approximate surface area is 107 Å². The van der Waals surface area contributed by atoms with Crippen LogP contribution in [0, 0.1) is 5.92 Å². The highest BCUT2D eigenvalue weighted by Crippen LogP contribution is 2.28. The van der Waals surface area contributed by atoms with Gasteiger partial charge in [-0.2, -0.15) is 0 Å². The summed E-state index contributed by atoms with van der Waals surface area (Å²) in [5.74, 6) is 0.736. The fourth-order valence-corrected chi connectivity index (χ4v) is 3.38. The van der Waals surface area contributed by atoms with E-state index in [0.717, 1.165) is 12.8 Å². The van der Waals surface area contributed by atoms with Crippen LogP contribution >= 0.6 is 0 Å². The predicted molar refractivity (Wildman–Crippen MR) is 67.4 cm³/mol. The molecule has 1 N–H and O–H groups in total. The third kappa shape index (κ3) is 3.34. The first-order valence-electron chi connectivity index (χ1n) is 6.13. The van der Waals surface area contributed by atoms with Crippen molar-refractivity contribution in [3.63, 3.8) is 0 Å². The average molecular weight is 273 g/mol. The standard InChI is InChI=1S/C12H19NO4S/c1-18(15,16)13-6-2-4-10(9-13)8-11(14)12-5-3-7-17-12/h3,5,7,10-11,14H,2,4,6,8-9H2,1H3. The van der Waals surface area contributed by atoms with Crippen LogP contribution in [0.4, 0.5) is 0 Å². The van der Waals surface area contributed by atoms with E-state index in [-0.39, 0.29) is 5.92 Å². The number of hydrogen-bond donors (Lipinski definition) is 1. The lowest BCUT2D eigenvalue weighted by molar-refractivity contribution is 0.103. The Balaban J connectivity index is 1.94. The Kier molecular flexibility index (Phi) is 4.09. The monoisotopic (exact) mass is 273 g/mol. The Morgan fingerprint density at radius 1 is 1.61 bits per heavy atom. The van der Waals surface area contributed by atoms with Gasteiger partial charge in [0.1, 0.15) is 11.9 Å². The van der Waals surface area contributed by atoms with E-state index in [0.29, 0.717) is 25.3 Å². The minimum atomic E-state index is -3.12. The van der Waals surface area contributed by atoms with Crippen molar-refractivity contribution in [2.24, 2.45) is 5.92 Å². The summed E-state index contributed by atoms with van der Waals surface area (Å²) in [6, 6.07) is 3.48. The number of piperidine rings is 1. The van der Waals surface area contributed by atoms with E-state index >= 15 is 0 Å². The van der Waals surface area contributed by atoms with Crippen molar-refractivity contribution < 1.29 is 17.9 Å². The quantitative estimate of drug-likeness (QED) is 0.899. The van der Waals surface area contributed by atoms with Gasteiger partial charge in [-0.1, -0.05) is 0 Å². The van der Waals surface area contributed by atoms with Crippen LogP contribution in [0.1, 0.15) is 31.1 Å². The molecule has 1 aromatic heterocycles. The summed E-state index contributed by atoms with van der Waals surface area (Å²) in [5, 5.41) is 9.99. The molecule has 2 unspecified atom stereocenters. The summed E-state index contributed by atoms with van der Waals surface area (Å²) in [4.78, 5) is 0. The zero-order valence-electron chi connectivity index (χ0n) is 10.4. The molecule has 2 atom stereocenters. The van der Waals surface area contributed by atoms with Crippen molar-refractivity contribution in [1.29, 1.82) is 0 Å². The van der Waals surface area contributed by atoms with E-state index in [1.807, 2.05) is 0 Å². The van der Waals surface area contributed by atoms with Crippen LogP contribution in [0.15, 0.2) is 22.8 Å². The van der Waals surface area contributed by atoms with E-state index in [1.165, 1.54) is 16.8 Å². The number of hydrogen-bond acceptors (Lipinski definition) is 4. The maximum absolute atomic E-state index is 11.5. The lowest BCUT2D eigenvalue weighted by Gasteiger charge is -2.31. The molecule has 1 aromatic rings. The molecule has 0 aliphatic carbocycles. The molecule has 0 saturated carbocycles. The number of nitrogens with zero attached hydrogens (tertiary/aromatic N) is 1. The van der Waals surface area contributed by atoms with E-state index in [2.05, 4.69) is 0 Å². The third-order valence-electron chi connectivity index (χ3n) is 3.38. The molecule has 2 heterocycles. The molecule has 102 valence electrons. The number of sulfonamides is 1. The van der Waals surface area contributed by atoms with Gasteiger partial charge in [-0.25, -0.2) is 12.7 Å². The first kappa shape index (κ1) is 13.6. The first-order chi connectivity index (χ1) is 8.47. The van der Waals surface area contributed by atoms with Crippen molar-refractivity contribution in [1.82, 2.24) is 4.31 Å². The number of aliphatic hydroxyl groups is 1. The number of aliphatic hydroxyl groups excluding tert-OH is 1. The van der Waals surface area contributed by atoms with Gasteiger partial charge in [-0.15, -0.1) is 0 Å². The maximum atomic E-state index is 11.5. The largest absolute Gasteiger partial charge is 0.467 e. The SMILES string of the molecule is CS(=O)(=O)N1CCCC(CC(O)c2ccco2)C1. The van der Waals surface area contributed by atoms with Gasteiger partial charge in [0, 0.05) is 13.1 Å². The average Bonchev–Trinajstić information content (AvgIpc) is 2.81. The lowest BCUT2D eigenvalue weighted by atomic mass is 9.93. The van der Waals surface area contributed by atoms with Crippen LogP contribution in [0.25, 0.3) is 0 Å². The first-order valence-corrected chi connectivity index (χ1v) is 7.98. The molecule has 0 bridgehead atoms. The second-order valence-electron chi connectivity index (χ2n) is 4.90. The van der Waals surface area contributed by atoms with Gasteiger partial charge in [-0.3, -0.25) is 0 Å². The van der Waals surface area contributed by atoms with E-state index < -0.39 is 16.1 Å². The zero-order valence-corrected chi connectivity index (χ0v) is 11.3. The van der Waals surface area contributed by atoms with Crippen molar-refractivity contribution in [2.75, 3.05) is 19.3 Å². The predicted octanol–water partition coefficient (Wildman–Crippen LogP) is 1.37. The minimum Gasteiger partial charge on any atom is -0.467 e. The fourth-order valence-electron chi connectivity index (χ4n) is 2.43. The molecule has 0 aromatic carbocycles. The van der Waals surface area contributed by atoms with Crippen LogP contribution < -0.4 is 0 Å². The minimum absolute atomic E-state index is 0.188. The zero-order chi connectivity index (χ0) is 13.2. The van der Waals surface area contributed by atoms with Gasteiger partial charge in [0.2, 0.25) is 10.0 Å². The van der Waals surface area contributed by atoms with Crippen LogP contribution in [0.2, 0.25) is 0 Å². The van der Waals surface area contributed by atoms with Crippen LogP contribution in [0.3, 0.4) is 0 Å². The highest BCUT2D eigenvalue weighted by Gasteiger charge is 2.28. The summed E-state index contributed by atoms with van der Waals surface area (Å²) in [7, 11) is -3.12. The van der Waals surface area contributed by atoms with Gasteiger partial charge >= 0.3 is 0 Å².